The molecule has 2 aromatic carbocycles. The molecule has 0 saturated carbocycles. The lowest BCUT2D eigenvalue weighted by molar-refractivity contribution is -0.123. The van der Waals surface area contributed by atoms with Crippen LogP contribution in [-0.2, 0) is 16.8 Å². The number of hydrogen-bond donors (Lipinski definition) is 1. The maximum atomic E-state index is 12.0. The molecule has 1 N–H and O–H groups in total. The number of nitrogens with one attached hydrogen (secondary N) is 1. The average Bonchev–Trinajstić information content (AvgIpc) is 2.58. The standard InChI is InChI=1S/C23H30ClNO2/c1-22(2,3)16-23(4,5)18-8-12-20(13-9-18)27-15-21(26)25-14-17-6-10-19(24)11-7-17/h6-13H,14-16H2,1-5H3,(H,25,26). The summed E-state index contributed by atoms with van der Waals surface area (Å²) in [6.45, 7) is 11.8. The minimum Gasteiger partial charge on any atom is -0.484 e. The Bertz CT molecular complexity index is 743. The fourth-order valence-electron chi connectivity index (χ4n) is 3.43. The minimum absolute atomic E-state index is 0.00167. The van der Waals surface area contributed by atoms with Crippen LogP contribution in [0.2, 0.25) is 5.02 Å². The summed E-state index contributed by atoms with van der Waals surface area (Å²) >= 11 is 5.86. The van der Waals surface area contributed by atoms with Crippen LogP contribution in [0.1, 0.15) is 52.2 Å². The van der Waals surface area contributed by atoms with Crippen LogP contribution in [-0.4, -0.2) is 12.5 Å². The first kappa shape index (κ1) is 21.3. The number of halogens is 1. The summed E-state index contributed by atoms with van der Waals surface area (Å²) in [5, 5.41) is 3.53. The summed E-state index contributed by atoms with van der Waals surface area (Å²) in [5.74, 6) is 0.550. The maximum absolute atomic E-state index is 12.0. The summed E-state index contributed by atoms with van der Waals surface area (Å²) in [7, 11) is 0. The Labute approximate surface area is 168 Å². The molecule has 0 saturated heterocycles. The molecule has 0 aliphatic rings. The quantitative estimate of drug-likeness (QED) is 0.656. The van der Waals surface area contributed by atoms with Crippen molar-refractivity contribution in [3.63, 3.8) is 0 Å². The van der Waals surface area contributed by atoms with Crippen molar-refractivity contribution >= 4 is 17.5 Å². The van der Waals surface area contributed by atoms with Gasteiger partial charge in [-0.05, 0) is 52.6 Å². The van der Waals surface area contributed by atoms with E-state index >= 15 is 0 Å². The van der Waals surface area contributed by atoms with Gasteiger partial charge in [0, 0.05) is 11.6 Å². The summed E-state index contributed by atoms with van der Waals surface area (Å²) in [4.78, 5) is 12.0. The van der Waals surface area contributed by atoms with Crippen molar-refractivity contribution in [1.82, 2.24) is 5.32 Å². The molecule has 0 aromatic heterocycles. The monoisotopic (exact) mass is 387 g/mol. The molecule has 0 heterocycles. The first-order valence-electron chi connectivity index (χ1n) is 9.30. The molecule has 0 atom stereocenters. The topological polar surface area (TPSA) is 38.3 Å². The zero-order valence-electron chi connectivity index (χ0n) is 16.9. The molecule has 2 rings (SSSR count). The maximum Gasteiger partial charge on any atom is 0.258 e. The predicted octanol–water partition coefficient (Wildman–Crippen LogP) is 5.75. The lowest BCUT2D eigenvalue weighted by atomic mass is 9.72. The third-order valence-electron chi connectivity index (χ3n) is 4.38. The SMILES string of the molecule is CC(C)(C)CC(C)(C)c1ccc(OCC(=O)NCc2ccc(Cl)cc2)cc1. The number of carbonyl (C=O) groups is 1. The summed E-state index contributed by atoms with van der Waals surface area (Å²) < 4.78 is 5.61. The highest BCUT2D eigenvalue weighted by Crippen LogP contribution is 2.36. The third kappa shape index (κ3) is 7.26. The highest BCUT2D eigenvalue weighted by Gasteiger charge is 2.27. The molecule has 2 aromatic rings. The van der Waals surface area contributed by atoms with Crippen LogP contribution >= 0.6 is 11.6 Å². The smallest absolute Gasteiger partial charge is 0.258 e. The molecule has 0 unspecified atom stereocenters. The molecule has 0 aliphatic carbocycles. The van der Waals surface area contributed by atoms with E-state index in [9.17, 15) is 4.79 Å². The number of carbonyl (C=O) groups excluding carboxylic acids is 1. The molecular weight excluding hydrogens is 358 g/mol. The van der Waals surface area contributed by atoms with E-state index in [1.54, 1.807) is 0 Å². The molecule has 0 fully saturated rings. The summed E-state index contributed by atoms with van der Waals surface area (Å²) in [5.41, 5.74) is 2.63. The lowest BCUT2D eigenvalue weighted by Gasteiger charge is -2.33. The van der Waals surface area contributed by atoms with Gasteiger partial charge in [0.25, 0.3) is 5.91 Å². The second-order valence-electron chi connectivity index (χ2n) is 8.84. The van der Waals surface area contributed by atoms with Crippen molar-refractivity contribution in [1.29, 1.82) is 0 Å². The van der Waals surface area contributed by atoms with Crippen LogP contribution < -0.4 is 10.1 Å². The van der Waals surface area contributed by atoms with Crippen molar-refractivity contribution in [2.24, 2.45) is 5.41 Å². The van der Waals surface area contributed by atoms with Gasteiger partial charge in [-0.3, -0.25) is 4.79 Å². The first-order chi connectivity index (χ1) is 12.5. The zero-order valence-corrected chi connectivity index (χ0v) is 17.7. The molecule has 3 nitrogen and oxygen atoms in total. The van der Waals surface area contributed by atoms with Crippen molar-refractivity contribution in [2.45, 2.75) is 53.0 Å². The molecule has 1 amide bonds. The number of rotatable bonds is 7. The molecule has 0 spiro atoms. The third-order valence-corrected chi connectivity index (χ3v) is 4.63. The molecule has 4 heteroatoms. The second-order valence-corrected chi connectivity index (χ2v) is 9.27. The van der Waals surface area contributed by atoms with Crippen molar-refractivity contribution in [3.8, 4) is 5.75 Å². The number of ether oxygens (including phenoxy) is 1. The molecule has 146 valence electrons. The molecule has 0 radical (unpaired) electrons. The van der Waals surface area contributed by atoms with Crippen LogP contribution in [0.25, 0.3) is 0 Å². The highest BCUT2D eigenvalue weighted by atomic mass is 35.5. The van der Waals surface area contributed by atoms with E-state index in [1.807, 2.05) is 36.4 Å². The zero-order chi connectivity index (χ0) is 20.1. The fourth-order valence-corrected chi connectivity index (χ4v) is 3.56. The Morgan fingerprint density at radius 1 is 0.963 bits per heavy atom. The highest BCUT2D eigenvalue weighted by molar-refractivity contribution is 6.30. The van der Waals surface area contributed by atoms with E-state index in [1.165, 1.54) is 5.56 Å². The van der Waals surface area contributed by atoms with Gasteiger partial charge < -0.3 is 10.1 Å². The Hall–Kier alpha value is -2.00. The minimum atomic E-state index is -0.151. The van der Waals surface area contributed by atoms with Crippen molar-refractivity contribution < 1.29 is 9.53 Å². The number of hydrogen-bond acceptors (Lipinski definition) is 2. The predicted molar refractivity (Wildman–Crippen MR) is 112 cm³/mol. The normalized spacial score (nSPS) is 11.9. The van der Waals surface area contributed by atoms with Gasteiger partial charge in [-0.2, -0.15) is 0 Å². The molecule has 27 heavy (non-hydrogen) atoms. The van der Waals surface area contributed by atoms with Gasteiger partial charge in [0.1, 0.15) is 5.75 Å². The van der Waals surface area contributed by atoms with Gasteiger partial charge in [0.05, 0.1) is 0 Å². The fraction of sp³-hybridized carbons (Fsp3) is 0.435. The van der Waals surface area contributed by atoms with Crippen LogP contribution in [0.15, 0.2) is 48.5 Å². The largest absolute Gasteiger partial charge is 0.484 e. The van der Waals surface area contributed by atoms with Gasteiger partial charge in [-0.15, -0.1) is 0 Å². The average molecular weight is 388 g/mol. The van der Waals surface area contributed by atoms with E-state index in [4.69, 9.17) is 16.3 Å². The molecular formula is C23H30ClNO2. The Balaban J connectivity index is 1.83. The van der Waals surface area contributed by atoms with Gasteiger partial charge in [-0.25, -0.2) is 0 Å². The number of amides is 1. The van der Waals surface area contributed by atoms with Crippen molar-refractivity contribution in [2.75, 3.05) is 6.61 Å². The van der Waals surface area contributed by atoms with E-state index in [-0.39, 0.29) is 23.3 Å². The van der Waals surface area contributed by atoms with E-state index in [2.05, 4.69) is 52.1 Å². The van der Waals surface area contributed by atoms with E-state index < -0.39 is 0 Å². The lowest BCUT2D eigenvalue weighted by Crippen LogP contribution is -2.28. The van der Waals surface area contributed by atoms with Crippen LogP contribution in [0.4, 0.5) is 0 Å². The second kappa shape index (κ2) is 8.79. The summed E-state index contributed by atoms with van der Waals surface area (Å²) in [6, 6.07) is 15.4. The Kier molecular flexibility index (Phi) is 6.94. The van der Waals surface area contributed by atoms with Gasteiger partial charge in [0.15, 0.2) is 6.61 Å². The molecule has 0 bridgehead atoms. The van der Waals surface area contributed by atoms with Gasteiger partial charge in [-0.1, -0.05) is 70.5 Å². The van der Waals surface area contributed by atoms with Crippen molar-refractivity contribution in [3.05, 3.63) is 64.7 Å². The van der Waals surface area contributed by atoms with Gasteiger partial charge in [0.2, 0.25) is 0 Å². The van der Waals surface area contributed by atoms with Crippen LogP contribution in [0, 0.1) is 5.41 Å². The first-order valence-corrected chi connectivity index (χ1v) is 9.67. The molecule has 0 aliphatic heterocycles. The van der Waals surface area contributed by atoms with Gasteiger partial charge >= 0.3 is 0 Å². The van der Waals surface area contributed by atoms with Crippen LogP contribution in [0.5, 0.6) is 5.75 Å². The number of benzene rings is 2. The van der Waals surface area contributed by atoms with E-state index in [0.717, 1.165) is 12.0 Å². The summed E-state index contributed by atoms with van der Waals surface area (Å²) in [6.07, 6.45) is 1.09. The van der Waals surface area contributed by atoms with Crippen LogP contribution in [0.3, 0.4) is 0 Å². The van der Waals surface area contributed by atoms with E-state index in [0.29, 0.717) is 17.3 Å². The Morgan fingerprint density at radius 2 is 1.56 bits per heavy atom. The Morgan fingerprint density at radius 3 is 2.11 bits per heavy atom.